The van der Waals surface area contributed by atoms with Crippen molar-refractivity contribution in [1.29, 1.82) is 0 Å². The number of aromatic nitrogens is 1. The zero-order valence-electron chi connectivity index (χ0n) is 14.9. The fraction of sp³-hybridized carbons (Fsp3) is 0.200. The van der Waals surface area contributed by atoms with E-state index in [0.29, 0.717) is 29.5 Å². The smallest absolute Gasteiger partial charge is 0.251 e. The highest BCUT2D eigenvalue weighted by Gasteiger charge is 2.11. The molecule has 3 rings (SSSR count). The lowest BCUT2D eigenvalue weighted by Gasteiger charge is -2.10. The van der Waals surface area contributed by atoms with Crippen LogP contribution in [0.25, 0.3) is 0 Å². The summed E-state index contributed by atoms with van der Waals surface area (Å²) in [5.41, 5.74) is 3.07. The SMILES string of the molecule is Cc1noc(C)c1COc1cccc(C(=O)NCc2ccc(Br)cc2Cl)c1. The first-order valence-electron chi connectivity index (χ1n) is 8.31. The zero-order chi connectivity index (χ0) is 19.4. The number of ether oxygens (including phenoxy) is 1. The number of rotatable bonds is 6. The monoisotopic (exact) mass is 448 g/mol. The van der Waals surface area contributed by atoms with Gasteiger partial charge in [0.2, 0.25) is 0 Å². The van der Waals surface area contributed by atoms with E-state index in [-0.39, 0.29) is 5.91 Å². The summed E-state index contributed by atoms with van der Waals surface area (Å²) >= 11 is 9.55. The van der Waals surface area contributed by atoms with Crippen LogP contribution in [0.15, 0.2) is 51.5 Å². The summed E-state index contributed by atoms with van der Waals surface area (Å²) in [5.74, 6) is 1.13. The molecule has 0 aliphatic heterocycles. The maximum atomic E-state index is 12.4. The molecule has 1 N–H and O–H groups in total. The van der Waals surface area contributed by atoms with Gasteiger partial charge in [0.05, 0.1) is 11.3 Å². The Balaban J connectivity index is 1.63. The van der Waals surface area contributed by atoms with Crippen molar-refractivity contribution in [3.05, 3.63) is 80.1 Å². The van der Waals surface area contributed by atoms with Crippen LogP contribution in [0.1, 0.15) is 32.9 Å². The van der Waals surface area contributed by atoms with Gasteiger partial charge in [0.15, 0.2) is 0 Å². The number of aryl methyl sites for hydroxylation is 2. The molecule has 0 unspecified atom stereocenters. The molecular weight excluding hydrogens is 432 g/mol. The quantitative estimate of drug-likeness (QED) is 0.560. The molecule has 27 heavy (non-hydrogen) atoms. The molecule has 0 saturated carbocycles. The van der Waals surface area contributed by atoms with E-state index in [0.717, 1.165) is 27.1 Å². The summed E-state index contributed by atoms with van der Waals surface area (Å²) in [6.07, 6.45) is 0. The van der Waals surface area contributed by atoms with Crippen molar-refractivity contribution in [2.24, 2.45) is 0 Å². The Hall–Kier alpha value is -2.31. The van der Waals surface area contributed by atoms with Gasteiger partial charge in [-0.15, -0.1) is 0 Å². The number of hydrogen-bond donors (Lipinski definition) is 1. The largest absolute Gasteiger partial charge is 0.489 e. The predicted molar refractivity (Wildman–Crippen MR) is 107 cm³/mol. The van der Waals surface area contributed by atoms with Gasteiger partial charge >= 0.3 is 0 Å². The van der Waals surface area contributed by atoms with Crippen molar-refractivity contribution < 1.29 is 14.1 Å². The summed E-state index contributed by atoms with van der Waals surface area (Å²) in [7, 11) is 0. The van der Waals surface area contributed by atoms with Crippen LogP contribution in [0.4, 0.5) is 0 Å². The normalized spacial score (nSPS) is 10.7. The summed E-state index contributed by atoms with van der Waals surface area (Å²) in [4.78, 5) is 12.4. The summed E-state index contributed by atoms with van der Waals surface area (Å²) < 4.78 is 11.8. The van der Waals surface area contributed by atoms with E-state index in [2.05, 4.69) is 26.4 Å². The first kappa shape index (κ1) is 19.5. The summed E-state index contributed by atoms with van der Waals surface area (Å²) in [6, 6.07) is 12.6. The van der Waals surface area contributed by atoms with Crippen molar-refractivity contribution >= 4 is 33.4 Å². The van der Waals surface area contributed by atoms with Crippen LogP contribution in [0.5, 0.6) is 5.75 Å². The van der Waals surface area contributed by atoms with Crippen LogP contribution in [0.2, 0.25) is 5.02 Å². The van der Waals surface area contributed by atoms with E-state index < -0.39 is 0 Å². The number of carbonyl (C=O) groups is 1. The molecule has 1 amide bonds. The molecule has 1 heterocycles. The molecule has 5 nitrogen and oxygen atoms in total. The minimum absolute atomic E-state index is 0.197. The van der Waals surface area contributed by atoms with Gasteiger partial charge in [0.1, 0.15) is 18.1 Å². The van der Waals surface area contributed by atoms with Crippen molar-refractivity contribution in [3.8, 4) is 5.75 Å². The van der Waals surface area contributed by atoms with E-state index >= 15 is 0 Å². The van der Waals surface area contributed by atoms with Gasteiger partial charge < -0.3 is 14.6 Å². The van der Waals surface area contributed by atoms with E-state index in [4.69, 9.17) is 20.9 Å². The zero-order valence-corrected chi connectivity index (χ0v) is 17.2. The van der Waals surface area contributed by atoms with Crippen molar-refractivity contribution in [2.45, 2.75) is 27.0 Å². The number of benzene rings is 2. The number of nitrogens with one attached hydrogen (secondary N) is 1. The Morgan fingerprint density at radius 3 is 2.78 bits per heavy atom. The first-order valence-corrected chi connectivity index (χ1v) is 9.48. The fourth-order valence-corrected chi connectivity index (χ4v) is 3.27. The molecule has 0 radical (unpaired) electrons. The molecule has 2 aromatic carbocycles. The van der Waals surface area contributed by atoms with Crippen LogP contribution in [0, 0.1) is 13.8 Å². The number of amides is 1. The second-order valence-electron chi connectivity index (χ2n) is 6.04. The highest BCUT2D eigenvalue weighted by Crippen LogP contribution is 2.22. The minimum Gasteiger partial charge on any atom is -0.489 e. The molecule has 1 aromatic heterocycles. The van der Waals surface area contributed by atoms with Gasteiger partial charge in [-0.2, -0.15) is 0 Å². The van der Waals surface area contributed by atoms with Gasteiger partial charge in [-0.25, -0.2) is 0 Å². The van der Waals surface area contributed by atoms with Crippen LogP contribution < -0.4 is 10.1 Å². The average molecular weight is 450 g/mol. The number of nitrogens with zero attached hydrogens (tertiary/aromatic N) is 1. The molecule has 0 spiro atoms. The topological polar surface area (TPSA) is 64.4 Å². The number of carbonyl (C=O) groups excluding carboxylic acids is 1. The Labute approximate surface area is 170 Å². The summed E-state index contributed by atoms with van der Waals surface area (Å²) in [6.45, 7) is 4.39. The van der Waals surface area contributed by atoms with Gasteiger partial charge in [0.25, 0.3) is 5.91 Å². The van der Waals surface area contributed by atoms with Gasteiger partial charge in [-0.05, 0) is 49.7 Å². The first-order chi connectivity index (χ1) is 12.9. The predicted octanol–water partition coefficient (Wildman–Crippen LogP) is 5.22. The third-order valence-corrected chi connectivity index (χ3v) is 4.96. The second kappa shape index (κ2) is 8.59. The number of hydrogen-bond acceptors (Lipinski definition) is 4. The molecule has 0 aliphatic carbocycles. The lowest BCUT2D eigenvalue weighted by atomic mass is 10.2. The standard InChI is InChI=1S/C20H18BrClN2O3/c1-12-18(13(2)27-24-12)11-26-17-5-3-4-14(8-17)20(25)23-10-15-6-7-16(21)9-19(15)22/h3-9H,10-11H2,1-2H3,(H,23,25). The van der Waals surface area contributed by atoms with Crippen molar-refractivity contribution in [2.75, 3.05) is 0 Å². The second-order valence-corrected chi connectivity index (χ2v) is 7.36. The molecule has 3 aromatic rings. The lowest BCUT2D eigenvalue weighted by molar-refractivity contribution is 0.0950. The Kier molecular flexibility index (Phi) is 6.19. The maximum Gasteiger partial charge on any atom is 0.251 e. The van der Waals surface area contributed by atoms with Crippen LogP contribution >= 0.6 is 27.5 Å². The molecule has 0 saturated heterocycles. The molecule has 0 aliphatic rings. The molecule has 0 atom stereocenters. The minimum atomic E-state index is -0.197. The van der Waals surface area contributed by atoms with Crippen molar-refractivity contribution in [3.63, 3.8) is 0 Å². The fourth-order valence-electron chi connectivity index (χ4n) is 2.53. The number of halogens is 2. The van der Waals surface area contributed by atoms with Crippen LogP contribution in [-0.2, 0) is 13.2 Å². The highest BCUT2D eigenvalue weighted by molar-refractivity contribution is 9.10. The van der Waals surface area contributed by atoms with E-state index in [9.17, 15) is 4.79 Å². The van der Waals surface area contributed by atoms with Gasteiger partial charge in [0, 0.05) is 21.6 Å². The molecule has 7 heteroatoms. The van der Waals surface area contributed by atoms with Gasteiger partial charge in [-0.1, -0.05) is 44.8 Å². The third kappa shape index (κ3) is 4.90. The maximum absolute atomic E-state index is 12.4. The summed E-state index contributed by atoms with van der Waals surface area (Å²) in [5, 5.41) is 7.38. The molecule has 0 fully saturated rings. The van der Waals surface area contributed by atoms with E-state index in [1.54, 1.807) is 30.3 Å². The molecule has 140 valence electrons. The Morgan fingerprint density at radius 1 is 1.26 bits per heavy atom. The molecular formula is C20H18BrClN2O3. The molecule has 0 bridgehead atoms. The van der Waals surface area contributed by atoms with Gasteiger partial charge in [-0.3, -0.25) is 4.79 Å². The van der Waals surface area contributed by atoms with E-state index in [1.165, 1.54) is 0 Å². The van der Waals surface area contributed by atoms with Crippen LogP contribution in [0.3, 0.4) is 0 Å². The van der Waals surface area contributed by atoms with Crippen molar-refractivity contribution in [1.82, 2.24) is 10.5 Å². The Bertz CT molecular complexity index is 952. The lowest BCUT2D eigenvalue weighted by Crippen LogP contribution is -2.22. The highest BCUT2D eigenvalue weighted by atomic mass is 79.9. The van der Waals surface area contributed by atoms with E-state index in [1.807, 2.05) is 26.0 Å². The van der Waals surface area contributed by atoms with Crippen LogP contribution in [-0.4, -0.2) is 11.1 Å². The Morgan fingerprint density at radius 2 is 2.07 bits per heavy atom. The third-order valence-electron chi connectivity index (χ3n) is 4.12. The average Bonchev–Trinajstić information content (AvgIpc) is 2.97.